The molecular weight excluding hydrogens is 492 g/mol. The molecule has 1 aromatic carbocycles. The first-order valence-corrected chi connectivity index (χ1v) is 12.3. The van der Waals surface area contributed by atoms with Gasteiger partial charge in [-0.2, -0.15) is 0 Å². The SMILES string of the molecule is C#CCOCCOC(=O)Oc1ccc2nc3c(c(CC)c2c1)Cn1c-3cc2c(c1=O)COC(=O)[C@]2(O)CC. The first kappa shape index (κ1) is 25.4. The number of benzene rings is 1. The minimum atomic E-state index is -1.89. The molecule has 10 nitrogen and oxygen atoms in total. The summed E-state index contributed by atoms with van der Waals surface area (Å²) < 4.78 is 22.1. The maximum absolute atomic E-state index is 13.4. The third-order valence-corrected chi connectivity index (χ3v) is 6.96. The lowest BCUT2D eigenvalue weighted by atomic mass is 9.86. The summed E-state index contributed by atoms with van der Waals surface area (Å²) in [5, 5.41) is 11.8. The standard InChI is InChI=1S/C28H26N2O8/c1-4-9-35-10-11-36-27(33)38-16-7-8-22-18(12-16)17(5-2)19-14-30-23(24(19)29-22)13-21-20(25(30)31)15-37-26(32)28(21,34)6-3/h1,7-8,12-13,34H,5-6,9-11,14-15H2,2-3H3/t28-/m0/s1. The van der Waals surface area contributed by atoms with Gasteiger partial charge in [0.2, 0.25) is 0 Å². The van der Waals surface area contributed by atoms with Crippen molar-refractivity contribution in [2.24, 2.45) is 0 Å². The Morgan fingerprint density at radius 2 is 2.05 bits per heavy atom. The number of pyridine rings is 2. The summed E-state index contributed by atoms with van der Waals surface area (Å²) >= 11 is 0. The molecule has 196 valence electrons. The Kier molecular flexibility index (Phi) is 6.65. The minimum Gasteiger partial charge on any atom is -0.458 e. The fourth-order valence-electron chi connectivity index (χ4n) is 5.05. The summed E-state index contributed by atoms with van der Waals surface area (Å²) in [4.78, 5) is 42.7. The lowest BCUT2D eigenvalue weighted by molar-refractivity contribution is -0.172. The van der Waals surface area contributed by atoms with Gasteiger partial charge in [-0.05, 0) is 42.7 Å². The van der Waals surface area contributed by atoms with Crippen LogP contribution in [0.1, 0.15) is 42.5 Å². The van der Waals surface area contributed by atoms with E-state index in [4.69, 9.17) is 30.4 Å². The predicted octanol–water partition coefficient (Wildman–Crippen LogP) is 2.81. The highest BCUT2D eigenvalue weighted by Gasteiger charge is 2.45. The molecule has 3 aromatic rings. The van der Waals surface area contributed by atoms with Crippen LogP contribution < -0.4 is 10.3 Å². The van der Waals surface area contributed by atoms with Crippen LogP contribution in [0.25, 0.3) is 22.3 Å². The van der Waals surface area contributed by atoms with Crippen LogP contribution in [0.3, 0.4) is 0 Å². The fraction of sp³-hybridized carbons (Fsp3) is 0.357. The van der Waals surface area contributed by atoms with Crippen LogP contribution in [0.15, 0.2) is 29.1 Å². The van der Waals surface area contributed by atoms with E-state index in [-0.39, 0.29) is 61.8 Å². The lowest BCUT2D eigenvalue weighted by Gasteiger charge is -2.31. The molecule has 10 heteroatoms. The van der Waals surface area contributed by atoms with Crippen molar-refractivity contribution in [3.05, 3.63) is 56.9 Å². The molecule has 5 rings (SSSR count). The predicted molar refractivity (Wildman–Crippen MR) is 136 cm³/mol. The van der Waals surface area contributed by atoms with Gasteiger partial charge in [0.25, 0.3) is 5.56 Å². The zero-order chi connectivity index (χ0) is 27.0. The number of esters is 1. The molecule has 0 spiro atoms. The quantitative estimate of drug-likeness (QED) is 0.170. The molecule has 1 atom stereocenters. The molecule has 4 heterocycles. The first-order chi connectivity index (χ1) is 18.3. The topological polar surface area (TPSA) is 126 Å². The number of fused-ring (bicyclic) bond motifs is 5. The van der Waals surface area contributed by atoms with Crippen molar-refractivity contribution < 1.29 is 33.6 Å². The first-order valence-electron chi connectivity index (χ1n) is 12.3. The van der Waals surface area contributed by atoms with Gasteiger partial charge < -0.3 is 28.6 Å². The van der Waals surface area contributed by atoms with Gasteiger partial charge in [-0.25, -0.2) is 14.6 Å². The van der Waals surface area contributed by atoms with Crippen molar-refractivity contribution in [3.63, 3.8) is 0 Å². The lowest BCUT2D eigenvalue weighted by Crippen LogP contribution is -2.44. The van der Waals surface area contributed by atoms with Crippen LogP contribution in [-0.4, -0.2) is 46.6 Å². The van der Waals surface area contributed by atoms with Crippen LogP contribution in [0.4, 0.5) is 4.79 Å². The molecule has 1 N–H and O–H groups in total. The molecule has 0 amide bonds. The van der Waals surface area contributed by atoms with Gasteiger partial charge >= 0.3 is 12.1 Å². The second-order valence-electron chi connectivity index (χ2n) is 9.01. The number of aromatic nitrogens is 2. The molecule has 2 aliphatic rings. The number of cyclic esters (lactones) is 1. The Hall–Kier alpha value is -4.20. The summed E-state index contributed by atoms with van der Waals surface area (Å²) in [7, 11) is 0. The van der Waals surface area contributed by atoms with Gasteiger partial charge in [0.1, 0.15) is 25.6 Å². The number of carbonyl (C=O) groups is 2. The molecule has 38 heavy (non-hydrogen) atoms. The van der Waals surface area contributed by atoms with Crippen LogP contribution >= 0.6 is 0 Å². The highest BCUT2D eigenvalue weighted by atomic mass is 16.7. The molecule has 0 bridgehead atoms. The molecule has 0 unspecified atom stereocenters. The van der Waals surface area contributed by atoms with Gasteiger partial charge in [0, 0.05) is 16.5 Å². The average Bonchev–Trinajstić information content (AvgIpc) is 3.28. The number of nitrogens with zero attached hydrogens (tertiary/aromatic N) is 2. The molecule has 2 aromatic heterocycles. The zero-order valence-electron chi connectivity index (χ0n) is 21.0. The van der Waals surface area contributed by atoms with E-state index < -0.39 is 17.7 Å². The smallest absolute Gasteiger partial charge is 0.458 e. The number of terminal acetylenes is 1. The molecule has 0 fully saturated rings. The van der Waals surface area contributed by atoms with E-state index in [1.807, 2.05) is 6.92 Å². The van der Waals surface area contributed by atoms with Gasteiger partial charge in [-0.1, -0.05) is 19.8 Å². The second kappa shape index (κ2) is 9.93. The maximum atomic E-state index is 13.4. The average molecular weight is 519 g/mol. The van der Waals surface area contributed by atoms with E-state index in [1.165, 1.54) is 0 Å². The molecule has 0 radical (unpaired) electrons. The van der Waals surface area contributed by atoms with E-state index in [1.54, 1.807) is 35.8 Å². The minimum absolute atomic E-state index is 0.00412. The Labute approximate surface area is 218 Å². The number of carbonyl (C=O) groups excluding carboxylic acids is 2. The number of ether oxygens (including phenoxy) is 4. The Morgan fingerprint density at radius 3 is 2.79 bits per heavy atom. The van der Waals surface area contributed by atoms with Crippen molar-refractivity contribution in [3.8, 4) is 29.5 Å². The van der Waals surface area contributed by atoms with Crippen molar-refractivity contribution in [1.29, 1.82) is 0 Å². The molecule has 2 aliphatic heterocycles. The largest absolute Gasteiger partial charge is 0.513 e. The highest BCUT2D eigenvalue weighted by Crippen LogP contribution is 2.40. The van der Waals surface area contributed by atoms with Crippen molar-refractivity contribution in [1.82, 2.24) is 9.55 Å². The van der Waals surface area contributed by atoms with Crippen LogP contribution in [0.5, 0.6) is 5.75 Å². The van der Waals surface area contributed by atoms with Crippen LogP contribution in [-0.2, 0) is 44.2 Å². The third-order valence-electron chi connectivity index (χ3n) is 6.96. The Bertz CT molecular complexity index is 1570. The second-order valence-corrected chi connectivity index (χ2v) is 9.01. The number of hydrogen-bond donors (Lipinski definition) is 1. The Balaban J connectivity index is 1.51. The zero-order valence-corrected chi connectivity index (χ0v) is 21.0. The van der Waals surface area contributed by atoms with E-state index >= 15 is 0 Å². The summed E-state index contributed by atoms with van der Waals surface area (Å²) in [5.41, 5.74) is 1.95. The summed E-state index contributed by atoms with van der Waals surface area (Å²) in [6.07, 6.45) is 4.93. The van der Waals surface area contributed by atoms with E-state index in [2.05, 4.69) is 5.92 Å². The van der Waals surface area contributed by atoms with E-state index in [9.17, 15) is 19.5 Å². The normalized spacial score (nSPS) is 17.3. The van der Waals surface area contributed by atoms with Gasteiger partial charge in [-0.15, -0.1) is 6.42 Å². The summed E-state index contributed by atoms with van der Waals surface area (Å²) in [5.74, 6) is 1.85. The number of rotatable bonds is 7. The fourth-order valence-corrected chi connectivity index (χ4v) is 5.05. The van der Waals surface area contributed by atoms with E-state index in [0.29, 0.717) is 23.3 Å². The number of aliphatic hydroxyl groups is 1. The van der Waals surface area contributed by atoms with E-state index in [0.717, 1.165) is 16.5 Å². The third kappa shape index (κ3) is 4.10. The van der Waals surface area contributed by atoms with Gasteiger partial charge in [-0.3, -0.25) is 4.79 Å². The van der Waals surface area contributed by atoms with Crippen molar-refractivity contribution in [2.75, 3.05) is 19.8 Å². The van der Waals surface area contributed by atoms with Crippen LogP contribution in [0.2, 0.25) is 0 Å². The molecule has 0 aliphatic carbocycles. The van der Waals surface area contributed by atoms with Crippen LogP contribution in [0, 0.1) is 12.3 Å². The van der Waals surface area contributed by atoms with Gasteiger partial charge in [0.15, 0.2) is 5.60 Å². The number of hydrogen-bond acceptors (Lipinski definition) is 9. The summed E-state index contributed by atoms with van der Waals surface area (Å²) in [6.45, 7) is 4.05. The molecule has 0 saturated heterocycles. The van der Waals surface area contributed by atoms with Crippen molar-refractivity contribution in [2.45, 2.75) is 45.4 Å². The monoisotopic (exact) mass is 518 g/mol. The Morgan fingerprint density at radius 1 is 1.24 bits per heavy atom. The summed E-state index contributed by atoms with van der Waals surface area (Å²) in [6, 6.07) is 6.74. The number of aryl methyl sites for hydroxylation is 1. The highest BCUT2D eigenvalue weighted by molar-refractivity contribution is 5.90. The molecular formula is C28H26N2O8. The van der Waals surface area contributed by atoms with Gasteiger partial charge in [0.05, 0.1) is 35.6 Å². The maximum Gasteiger partial charge on any atom is 0.513 e. The molecule has 0 saturated carbocycles. The van der Waals surface area contributed by atoms with Crippen molar-refractivity contribution >= 4 is 23.0 Å².